The molecule has 0 aromatic heterocycles. The smallest absolute Gasteiger partial charge is 0.308 e. The summed E-state index contributed by atoms with van der Waals surface area (Å²) in [4.78, 5) is 31.4. The number of hydrogen-bond acceptors (Lipinski definition) is 9. The molecule has 3 rings (SSSR count). The fraction of sp³-hybridized carbons (Fsp3) is 0.846. The average Bonchev–Trinajstić information content (AvgIpc) is 3.00. The van der Waals surface area contributed by atoms with Gasteiger partial charge < -0.3 is 34.2 Å². The monoisotopic (exact) mass is 677 g/mol. The van der Waals surface area contributed by atoms with Crippen molar-refractivity contribution in [3.63, 3.8) is 0 Å². The van der Waals surface area contributed by atoms with Gasteiger partial charge in [-0.05, 0) is 84.0 Å². The first-order chi connectivity index (χ1) is 22.5. The third-order valence-corrected chi connectivity index (χ3v) is 11.3. The van der Waals surface area contributed by atoms with Crippen LogP contribution in [0.25, 0.3) is 0 Å². The summed E-state index contributed by atoms with van der Waals surface area (Å²) in [6, 6.07) is -0.190. The van der Waals surface area contributed by atoms with Gasteiger partial charge in [-0.25, -0.2) is 0 Å². The van der Waals surface area contributed by atoms with Crippen LogP contribution in [0.3, 0.4) is 0 Å². The summed E-state index contributed by atoms with van der Waals surface area (Å²) in [7, 11) is 3.91. The summed E-state index contributed by atoms with van der Waals surface area (Å²) in [6.45, 7) is 21.4. The van der Waals surface area contributed by atoms with Gasteiger partial charge in [-0.3, -0.25) is 9.59 Å². The number of carbonyl (C=O) groups is 2. The Kier molecular flexibility index (Phi) is 15.8. The second-order valence-electron chi connectivity index (χ2n) is 16.1. The lowest BCUT2D eigenvalue weighted by atomic mass is 9.79. The average molecular weight is 677 g/mol. The molecule has 3 aliphatic heterocycles. The molecule has 3 heterocycles. The molecule has 9 heteroatoms. The highest BCUT2D eigenvalue weighted by Crippen LogP contribution is 2.36. The Morgan fingerprint density at radius 2 is 1.60 bits per heavy atom. The summed E-state index contributed by atoms with van der Waals surface area (Å²) < 4.78 is 19.1. The van der Waals surface area contributed by atoms with Crippen LogP contribution in [0.2, 0.25) is 0 Å². The molecule has 9 nitrogen and oxygen atoms in total. The van der Waals surface area contributed by atoms with Gasteiger partial charge >= 0.3 is 5.97 Å². The molecule has 0 saturated carbocycles. The number of hydrogen-bond donors (Lipinski definition) is 2. The van der Waals surface area contributed by atoms with Gasteiger partial charge in [0.15, 0.2) is 12.1 Å². The highest BCUT2D eigenvalue weighted by Gasteiger charge is 2.46. The fourth-order valence-electron chi connectivity index (χ4n) is 8.49. The predicted molar refractivity (Wildman–Crippen MR) is 190 cm³/mol. The summed E-state index contributed by atoms with van der Waals surface area (Å²) in [5, 5.41) is 23.3. The molecule has 0 radical (unpaired) electrons. The van der Waals surface area contributed by atoms with Crippen molar-refractivity contribution in [2.45, 2.75) is 137 Å². The molecule has 6 unspecified atom stereocenters. The molecular formula is C39H68N2O7. The number of piperidine rings is 1. The molecule has 0 amide bonds. The quantitative estimate of drug-likeness (QED) is 0.339. The number of esters is 1. The minimum absolute atomic E-state index is 0.0437. The van der Waals surface area contributed by atoms with E-state index in [1.807, 2.05) is 72.7 Å². The number of aliphatic hydroxyl groups is 2. The standard InChI is InChI=1S/C39H68N2O7/c1-12-34-27(6)18-23(2)13-14-32(42)26(5)19-31(15-16-41-21-24(3)17-25(4)22-41)38(29(8)33(43)20-35(44)47-34)48-39-37(45)36(40(10)11)28(7)30(9)46-39/h13-14,18,24-31,33-34,36-39,43,45H,12,15-17,19-22H2,1-11H3/b14-13+,23-18+/t24-,25+,26-,27+,28?,29+,30?,31+,33-,34?,36?,37?,38-,39?/m1/s1. The fourth-order valence-corrected chi connectivity index (χ4v) is 8.49. The lowest BCUT2D eigenvalue weighted by Crippen LogP contribution is -2.60. The first-order valence-corrected chi connectivity index (χ1v) is 18.7. The van der Waals surface area contributed by atoms with Crippen molar-refractivity contribution in [1.82, 2.24) is 9.80 Å². The number of ketones is 1. The minimum Gasteiger partial charge on any atom is -0.462 e. The van der Waals surface area contributed by atoms with Crippen molar-refractivity contribution in [3.05, 3.63) is 23.8 Å². The summed E-state index contributed by atoms with van der Waals surface area (Å²) in [5.41, 5.74) is 0.937. The molecule has 0 aromatic carbocycles. The molecule has 0 aromatic rings. The number of rotatable bonds is 7. The second-order valence-corrected chi connectivity index (χ2v) is 16.1. The molecular weight excluding hydrogens is 608 g/mol. The predicted octanol–water partition coefficient (Wildman–Crippen LogP) is 5.48. The van der Waals surface area contributed by atoms with Crippen molar-refractivity contribution in [2.24, 2.45) is 41.4 Å². The highest BCUT2D eigenvalue weighted by atomic mass is 16.7. The van der Waals surface area contributed by atoms with E-state index < -0.39 is 36.5 Å². The Bertz CT molecular complexity index is 1080. The van der Waals surface area contributed by atoms with E-state index in [9.17, 15) is 19.8 Å². The first kappa shape index (κ1) is 40.8. The van der Waals surface area contributed by atoms with Crippen molar-refractivity contribution in [1.29, 1.82) is 0 Å². The lowest BCUT2D eigenvalue weighted by Gasteiger charge is -2.47. The number of carbonyl (C=O) groups excluding carboxylic acids is 2. The van der Waals surface area contributed by atoms with Gasteiger partial charge in [-0.1, -0.05) is 66.2 Å². The Morgan fingerprint density at radius 1 is 0.958 bits per heavy atom. The lowest BCUT2D eigenvalue weighted by molar-refractivity contribution is -0.295. The largest absolute Gasteiger partial charge is 0.462 e. The third-order valence-electron chi connectivity index (χ3n) is 11.3. The van der Waals surface area contributed by atoms with Gasteiger partial charge in [-0.2, -0.15) is 0 Å². The molecule has 3 aliphatic rings. The van der Waals surface area contributed by atoms with Gasteiger partial charge in [0.25, 0.3) is 0 Å². The van der Waals surface area contributed by atoms with Crippen molar-refractivity contribution in [2.75, 3.05) is 33.7 Å². The number of nitrogens with zero attached hydrogens (tertiary/aromatic N) is 2. The first-order valence-electron chi connectivity index (χ1n) is 18.7. The number of aliphatic hydroxyl groups excluding tert-OH is 2. The summed E-state index contributed by atoms with van der Waals surface area (Å²) >= 11 is 0. The van der Waals surface area contributed by atoms with E-state index in [1.165, 1.54) is 6.42 Å². The molecule has 276 valence electrons. The molecule has 2 saturated heterocycles. The normalized spacial score (nSPS) is 43.4. The summed E-state index contributed by atoms with van der Waals surface area (Å²) in [5.74, 6) is -0.118. The van der Waals surface area contributed by atoms with E-state index in [1.54, 1.807) is 6.08 Å². The zero-order chi connectivity index (χ0) is 35.9. The minimum atomic E-state index is -1.05. The van der Waals surface area contributed by atoms with Crippen LogP contribution in [0.1, 0.15) is 94.4 Å². The number of cyclic esters (lactones) is 1. The van der Waals surface area contributed by atoms with E-state index in [0.29, 0.717) is 24.7 Å². The van der Waals surface area contributed by atoms with Crippen LogP contribution in [-0.2, 0) is 23.8 Å². The van der Waals surface area contributed by atoms with Gasteiger partial charge in [0, 0.05) is 42.8 Å². The van der Waals surface area contributed by atoms with Gasteiger partial charge in [0.1, 0.15) is 12.2 Å². The van der Waals surface area contributed by atoms with Crippen LogP contribution < -0.4 is 0 Å². The van der Waals surface area contributed by atoms with Crippen LogP contribution in [0.4, 0.5) is 0 Å². The number of likely N-dealkylation sites (N-methyl/N-ethyl adjacent to an activating group) is 1. The number of likely N-dealkylation sites (tertiary alicyclic amines) is 1. The van der Waals surface area contributed by atoms with E-state index >= 15 is 0 Å². The van der Waals surface area contributed by atoms with Crippen LogP contribution >= 0.6 is 0 Å². The molecule has 2 N–H and O–H groups in total. The second kappa shape index (κ2) is 18.6. The molecule has 2 fully saturated rings. The zero-order valence-electron chi connectivity index (χ0n) is 31.8. The Morgan fingerprint density at radius 3 is 2.21 bits per heavy atom. The van der Waals surface area contributed by atoms with E-state index in [4.69, 9.17) is 14.2 Å². The topological polar surface area (TPSA) is 109 Å². The Labute approximate surface area is 291 Å². The highest BCUT2D eigenvalue weighted by molar-refractivity contribution is 5.91. The van der Waals surface area contributed by atoms with Crippen LogP contribution in [0, 0.1) is 41.4 Å². The van der Waals surface area contributed by atoms with Crippen LogP contribution in [-0.4, -0.2) is 108 Å². The maximum absolute atomic E-state index is 13.6. The van der Waals surface area contributed by atoms with Gasteiger partial charge in [0.2, 0.25) is 0 Å². The zero-order valence-corrected chi connectivity index (χ0v) is 31.8. The van der Waals surface area contributed by atoms with E-state index in [-0.39, 0.29) is 54.1 Å². The SMILES string of the molecule is CCC1OC(=O)C[C@@H](O)[C@H](C)[C@@H](OC2OC(C)C(C)C(N(C)C)C2O)[C@@H](CCN2C[C@H](C)C[C@H](C)C2)C[C@@H](C)C(=O)/C=C/C(C)=C/[C@@H]1C. The van der Waals surface area contributed by atoms with Crippen molar-refractivity contribution < 1.29 is 34.0 Å². The number of ether oxygens (including phenoxy) is 3. The van der Waals surface area contributed by atoms with Crippen molar-refractivity contribution in [3.8, 4) is 0 Å². The van der Waals surface area contributed by atoms with E-state index in [2.05, 4.69) is 25.7 Å². The maximum atomic E-state index is 13.6. The Hall–Kier alpha value is -1.62. The maximum Gasteiger partial charge on any atom is 0.308 e. The van der Waals surface area contributed by atoms with Crippen LogP contribution in [0.15, 0.2) is 23.8 Å². The van der Waals surface area contributed by atoms with Gasteiger partial charge in [0.05, 0.1) is 24.7 Å². The third kappa shape index (κ3) is 11.2. The molecule has 0 spiro atoms. The van der Waals surface area contributed by atoms with Gasteiger partial charge in [-0.15, -0.1) is 0 Å². The summed E-state index contributed by atoms with van der Waals surface area (Å²) in [6.07, 6.45) is 4.51. The van der Waals surface area contributed by atoms with Crippen molar-refractivity contribution >= 4 is 11.8 Å². The Balaban J connectivity index is 2.03. The van der Waals surface area contributed by atoms with E-state index in [0.717, 1.165) is 31.6 Å². The molecule has 48 heavy (non-hydrogen) atoms. The molecule has 0 aliphatic carbocycles. The van der Waals surface area contributed by atoms with Crippen LogP contribution in [0.5, 0.6) is 0 Å². The number of allylic oxidation sites excluding steroid dienone is 3. The molecule has 0 bridgehead atoms. The molecule has 14 atom stereocenters.